The van der Waals surface area contributed by atoms with Crippen molar-refractivity contribution in [1.29, 1.82) is 0 Å². The largest absolute Gasteiger partial charge is 0.408 e. The number of methoxy groups -OCH3 is 1. The van der Waals surface area contributed by atoms with E-state index >= 15 is 0 Å². The van der Waals surface area contributed by atoms with Gasteiger partial charge in [-0.25, -0.2) is 0 Å². The van der Waals surface area contributed by atoms with Gasteiger partial charge in [-0.1, -0.05) is 0 Å². The minimum Gasteiger partial charge on any atom is -0.380 e. The van der Waals surface area contributed by atoms with E-state index in [1.54, 1.807) is 14.2 Å². The molecule has 6 nitrogen and oxygen atoms in total. The number of anilines is 1. The van der Waals surface area contributed by atoms with Crippen LogP contribution >= 0.6 is 0 Å². The Hall–Kier alpha value is -1.61. The number of hydrogen-bond acceptors (Lipinski definition) is 4. The molecule has 1 saturated heterocycles. The third-order valence-corrected chi connectivity index (χ3v) is 3.39. The Morgan fingerprint density at radius 1 is 1.57 bits per heavy atom. The van der Waals surface area contributed by atoms with Crippen LogP contribution in [0.3, 0.4) is 0 Å². The number of alkyl halides is 3. The summed E-state index contributed by atoms with van der Waals surface area (Å²) >= 11 is 0. The monoisotopic (exact) mass is 306 g/mol. The second kappa shape index (κ2) is 6.02. The van der Waals surface area contributed by atoms with Crippen LogP contribution in [0.25, 0.3) is 0 Å². The minimum atomic E-state index is -4.34. The van der Waals surface area contributed by atoms with E-state index in [1.807, 2.05) is 4.90 Å². The molecule has 0 spiro atoms. The van der Waals surface area contributed by atoms with E-state index in [0.29, 0.717) is 13.0 Å². The van der Waals surface area contributed by atoms with Gasteiger partial charge in [0.05, 0.1) is 24.0 Å². The normalized spacial score (nSPS) is 23.5. The quantitative estimate of drug-likeness (QED) is 0.905. The van der Waals surface area contributed by atoms with E-state index in [2.05, 4.69) is 10.4 Å². The predicted octanol–water partition coefficient (Wildman–Crippen LogP) is 1.10. The van der Waals surface area contributed by atoms with Gasteiger partial charge in [0.2, 0.25) is 5.91 Å². The Bertz CT molecular complexity index is 503. The fourth-order valence-corrected chi connectivity index (χ4v) is 2.35. The highest BCUT2D eigenvalue weighted by Crippen LogP contribution is 2.21. The van der Waals surface area contributed by atoms with Crippen LogP contribution < -0.4 is 5.32 Å². The summed E-state index contributed by atoms with van der Waals surface area (Å²) in [4.78, 5) is 14.0. The summed E-state index contributed by atoms with van der Waals surface area (Å²) < 4.78 is 42.6. The van der Waals surface area contributed by atoms with E-state index in [-0.39, 0.29) is 23.7 Å². The average molecular weight is 306 g/mol. The summed E-state index contributed by atoms with van der Waals surface area (Å²) in [5, 5.41) is 6.15. The maximum absolute atomic E-state index is 12.2. The molecule has 1 fully saturated rings. The van der Waals surface area contributed by atoms with Crippen LogP contribution in [-0.4, -0.2) is 59.6 Å². The lowest BCUT2D eigenvalue weighted by atomic mass is 10.2. The summed E-state index contributed by atoms with van der Waals surface area (Å²) in [6, 6.07) is -0.360. The second-order valence-corrected chi connectivity index (χ2v) is 5.08. The maximum Gasteiger partial charge on any atom is 0.408 e. The summed E-state index contributed by atoms with van der Waals surface area (Å²) in [6.45, 7) is -0.542. The first-order valence-electron chi connectivity index (χ1n) is 6.41. The highest BCUT2D eigenvalue weighted by molar-refractivity contribution is 5.94. The van der Waals surface area contributed by atoms with Crippen molar-refractivity contribution in [2.24, 2.45) is 0 Å². The number of hydrogen-bond donors (Lipinski definition) is 1. The van der Waals surface area contributed by atoms with Crippen molar-refractivity contribution in [3.63, 3.8) is 0 Å². The van der Waals surface area contributed by atoms with Gasteiger partial charge in [0.25, 0.3) is 0 Å². The topological polar surface area (TPSA) is 59.4 Å². The van der Waals surface area contributed by atoms with Crippen LogP contribution in [0.4, 0.5) is 18.9 Å². The molecule has 1 N–H and O–H groups in total. The van der Waals surface area contributed by atoms with Crippen molar-refractivity contribution < 1.29 is 22.7 Å². The lowest BCUT2D eigenvalue weighted by Gasteiger charge is -2.17. The van der Waals surface area contributed by atoms with Gasteiger partial charge < -0.3 is 10.1 Å². The first kappa shape index (κ1) is 15.8. The van der Waals surface area contributed by atoms with Gasteiger partial charge in [0.1, 0.15) is 6.54 Å². The Morgan fingerprint density at radius 2 is 2.29 bits per heavy atom. The van der Waals surface area contributed by atoms with Crippen LogP contribution in [0.15, 0.2) is 12.4 Å². The molecule has 2 heterocycles. The van der Waals surface area contributed by atoms with Crippen LogP contribution in [0.2, 0.25) is 0 Å². The lowest BCUT2D eigenvalue weighted by Crippen LogP contribution is -2.36. The highest BCUT2D eigenvalue weighted by Gasteiger charge is 2.34. The van der Waals surface area contributed by atoms with Crippen LogP contribution in [0, 0.1) is 0 Å². The number of likely N-dealkylation sites (N-methyl/N-ethyl adjacent to an activating group) is 1. The van der Waals surface area contributed by atoms with Crippen molar-refractivity contribution in [2.75, 3.05) is 26.0 Å². The molecule has 21 heavy (non-hydrogen) atoms. The van der Waals surface area contributed by atoms with E-state index in [0.717, 1.165) is 10.9 Å². The van der Waals surface area contributed by atoms with Gasteiger partial charge >= 0.3 is 6.18 Å². The maximum atomic E-state index is 12.2. The number of rotatable bonds is 4. The molecule has 0 unspecified atom stereocenters. The van der Waals surface area contributed by atoms with Crippen molar-refractivity contribution in [3.05, 3.63) is 12.4 Å². The number of amides is 1. The molecule has 1 aliphatic rings. The molecule has 1 aliphatic heterocycles. The third-order valence-electron chi connectivity index (χ3n) is 3.39. The Labute approximate surface area is 119 Å². The summed E-state index contributed by atoms with van der Waals surface area (Å²) in [6.07, 6.45) is -1.44. The number of carbonyl (C=O) groups is 1. The van der Waals surface area contributed by atoms with Gasteiger partial charge in [-0.15, -0.1) is 0 Å². The van der Waals surface area contributed by atoms with Crippen LogP contribution in [-0.2, 0) is 16.1 Å². The molecule has 1 amide bonds. The number of likely N-dealkylation sites (tertiary alicyclic amines) is 1. The van der Waals surface area contributed by atoms with Gasteiger partial charge in [-0.05, 0) is 13.5 Å². The SMILES string of the molecule is CO[C@H]1C[C@@H](C(=O)Nc2cnn(CC(F)(F)F)c2)N(C)C1. The number of ether oxygens (including phenoxy) is 1. The molecule has 0 bridgehead atoms. The lowest BCUT2D eigenvalue weighted by molar-refractivity contribution is -0.142. The molecular formula is C12H17F3N4O2. The zero-order chi connectivity index (χ0) is 15.6. The molecule has 2 atom stereocenters. The van der Waals surface area contributed by atoms with Crippen molar-refractivity contribution in [3.8, 4) is 0 Å². The van der Waals surface area contributed by atoms with E-state index < -0.39 is 12.7 Å². The van der Waals surface area contributed by atoms with Crippen molar-refractivity contribution in [1.82, 2.24) is 14.7 Å². The van der Waals surface area contributed by atoms with E-state index in [1.165, 1.54) is 6.20 Å². The molecule has 118 valence electrons. The summed E-state index contributed by atoms with van der Waals surface area (Å²) in [5.41, 5.74) is 0.249. The van der Waals surface area contributed by atoms with Crippen molar-refractivity contribution in [2.45, 2.75) is 31.3 Å². The zero-order valence-corrected chi connectivity index (χ0v) is 11.7. The number of nitrogens with zero attached hydrogens (tertiary/aromatic N) is 3. The number of aromatic nitrogens is 2. The fourth-order valence-electron chi connectivity index (χ4n) is 2.35. The van der Waals surface area contributed by atoms with Gasteiger partial charge in [-0.3, -0.25) is 14.4 Å². The van der Waals surface area contributed by atoms with Gasteiger partial charge in [0, 0.05) is 19.9 Å². The summed E-state index contributed by atoms with van der Waals surface area (Å²) in [7, 11) is 3.39. The number of nitrogens with one attached hydrogen (secondary N) is 1. The molecule has 2 rings (SSSR count). The second-order valence-electron chi connectivity index (χ2n) is 5.08. The van der Waals surface area contributed by atoms with E-state index in [9.17, 15) is 18.0 Å². The van der Waals surface area contributed by atoms with E-state index in [4.69, 9.17) is 4.74 Å². The minimum absolute atomic E-state index is 0.0151. The van der Waals surface area contributed by atoms with Crippen LogP contribution in [0.5, 0.6) is 0 Å². The Balaban J connectivity index is 1.94. The molecular weight excluding hydrogens is 289 g/mol. The molecule has 1 aromatic heterocycles. The molecule has 9 heteroatoms. The van der Waals surface area contributed by atoms with Gasteiger partial charge in [-0.2, -0.15) is 18.3 Å². The number of halogens is 3. The molecule has 0 aromatic carbocycles. The van der Waals surface area contributed by atoms with Crippen molar-refractivity contribution >= 4 is 11.6 Å². The first-order valence-corrected chi connectivity index (χ1v) is 6.41. The first-order chi connectivity index (χ1) is 9.78. The summed E-state index contributed by atoms with van der Waals surface area (Å²) in [5.74, 6) is -0.274. The molecule has 0 saturated carbocycles. The standard InChI is InChI=1S/C12H17F3N4O2/c1-18-6-9(21-2)3-10(18)11(20)17-8-4-16-19(5-8)7-12(13,14)15/h4-5,9-10H,3,6-7H2,1-2H3,(H,17,20)/t9-,10-/m0/s1. The number of carbonyl (C=O) groups excluding carboxylic acids is 1. The van der Waals surface area contributed by atoms with Gasteiger partial charge in [0.15, 0.2) is 0 Å². The Morgan fingerprint density at radius 3 is 2.86 bits per heavy atom. The smallest absolute Gasteiger partial charge is 0.380 e. The Kier molecular flexibility index (Phi) is 4.52. The third kappa shape index (κ3) is 4.18. The molecule has 0 aliphatic carbocycles. The highest BCUT2D eigenvalue weighted by atomic mass is 19.4. The fraction of sp³-hybridized carbons (Fsp3) is 0.667. The predicted molar refractivity (Wildman–Crippen MR) is 68.7 cm³/mol. The molecule has 0 radical (unpaired) electrons. The van der Waals surface area contributed by atoms with Crippen LogP contribution in [0.1, 0.15) is 6.42 Å². The molecule has 1 aromatic rings. The average Bonchev–Trinajstić information content (AvgIpc) is 2.94. The zero-order valence-electron chi connectivity index (χ0n) is 11.7.